The fourth-order valence-electron chi connectivity index (χ4n) is 2.30. The molecule has 94 valence electrons. The lowest BCUT2D eigenvalue weighted by molar-refractivity contribution is -0.137. The van der Waals surface area contributed by atoms with E-state index in [0.717, 1.165) is 31.5 Å². The molecule has 0 unspecified atom stereocenters. The highest BCUT2D eigenvalue weighted by molar-refractivity contribution is 5.17. The van der Waals surface area contributed by atoms with Crippen molar-refractivity contribution in [3.05, 3.63) is 29.6 Å². The van der Waals surface area contributed by atoms with Crippen molar-refractivity contribution in [2.75, 3.05) is 0 Å². The smallest absolute Gasteiger partial charge is 0.327 e. The number of pyridine rings is 1. The maximum absolute atomic E-state index is 12.3. The zero-order valence-corrected chi connectivity index (χ0v) is 9.37. The van der Waals surface area contributed by atoms with Crippen molar-refractivity contribution in [2.24, 2.45) is 11.7 Å². The van der Waals surface area contributed by atoms with E-state index in [1.54, 1.807) is 0 Å². The molecule has 0 aliphatic heterocycles. The van der Waals surface area contributed by atoms with Crippen molar-refractivity contribution >= 4 is 0 Å². The molecule has 0 bridgehead atoms. The fraction of sp³-hybridized carbons (Fsp3) is 0.583. The fourth-order valence-corrected chi connectivity index (χ4v) is 2.30. The van der Waals surface area contributed by atoms with E-state index in [2.05, 4.69) is 4.98 Å². The second-order valence-electron chi connectivity index (χ2n) is 4.59. The van der Waals surface area contributed by atoms with E-state index < -0.39 is 11.7 Å². The van der Waals surface area contributed by atoms with Crippen molar-refractivity contribution in [1.82, 2.24) is 4.98 Å². The van der Waals surface area contributed by atoms with Crippen molar-refractivity contribution < 1.29 is 13.2 Å². The van der Waals surface area contributed by atoms with E-state index in [1.165, 1.54) is 6.07 Å². The maximum atomic E-state index is 12.3. The highest BCUT2D eigenvalue weighted by atomic mass is 19.4. The summed E-state index contributed by atoms with van der Waals surface area (Å²) in [6.07, 6.45) is 0.423. The van der Waals surface area contributed by atoms with Gasteiger partial charge in [0.05, 0.1) is 5.56 Å². The minimum absolute atomic E-state index is 0.166. The van der Waals surface area contributed by atoms with Crippen LogP contribution in [-0.2, 0) is 12.6 Å². The molecule has 0 radical (unpaired) electrons. The summed E-state index contributed by atoms with van der Waals surface area (Å²) in [5, 5.41) is 0. The van der Waals surface area contributed by atoms with Gasteiger partial charge >= 0.3 is 6.18 Å². The molecule has 2 atom stereocenters. The van der Waals surface area contributed by atoms with Crippen molar-refractivity contribution in [1.29, 1.82) is 0 Å². The third-order valence-corrected chi connectivity index (χ3v) is 3.34. The lowest BCUT2D eigenvalue weighted by Crippen LogP contribution is -2.26. The van der Waals surface area contributed by atoms with E-state index in [-0.39, 0.29) is 6.04 Å². The first-order valence-corrected chi connectivity index (χ1v) is 5.74. The molecule has 1 aromatic rings. The Bertz CT molecular complexity index is 372. The van der Waals surface area contributed by atoms with Crippen molar-refractivity contribution in [2.45, 2.75) is 37.9 Å². The van der Waals surface area contributed by atoms with Gasteiger partial charge in [-0.25, -0.2) is 0 Å². The molecular weight excluding hydrogens is 229 g/mol. The molecule has 2 rings (SSSR count). The van der Waals surface area contributed by atoms with Gasteiger partial charge in [0.1, 0.15) is 0 Å². The van der Waals surface area contributed by atoms with Crippen LogP contribution in [0.15, 0.2) is 18.3 Å². The van der Waals surface area contributed by atoms with Crippen LogP contribution in [0.2, 0.25) is 0 Å². The summed E-state index contributed by atoms with van der Waals surface area (Å²) < 4.78 is 37.0. The van der Waals surface area contributed by atoms with Crippen LogP contribution in [0.5, 0.6) is 0 Å². The van der Waals surface area contributed by atoms with Crippen LogP contribution in [0.4, 0.5) is 13.2 Å². The number of nitrogens with two attached hydrogens (primary N) is 1. The summed E-state index contributed by atoms with van der Waals surface area (Å²) in [4.78, 5) is 3.87. The first-order chi connectivity index (χ1) is 7.97. The molecule has 1 fully saturated rings. The highest BCUT2D eigenvalue weighted by Gasteiger charge is 2.31. The second-order valence-corrected chi connectivity index (χ2v) is 4.59. The zero-order valence-electron chi connectivity index (χ0n) is 9.37. The molecule has 5 heteroatoms. The summed E-state index contributed by atoms with van der Waals surface area (Å²) in [5.74, 6) is 0.360. The molecule has 2 nitrogen and oxygen atoms in total. The van der Waals surface area contributed by atoms with Crippen LogP contribution in [0.25, 0.3) is 0 Å². The standard InChI is InChI=1S/C12H15F3N2/c13-12(14,15)9-4-5-10(17-7-9)6-8-2-1-3-11(8)16/h4-5,7-8,11H,1-3,6,16H2/t8-,11-/m0/s1. The lowest BCUT2D eigenvalue weighted by Gasteiger charge is -2.14. The largest absolute Gasteiger partial charge is 0.417 e. The van der Waals surface area contributed by atoms with Crippen LogP contribution < -0.4 is 5.73 Å². The van der Waals surface area contributed by atoms with Crippen molar-refractivity contribution in [3.63, 3.8) is 0 Å². The normalized spacial score (nSPS) is 25.2. The molecule has 0 amide bonds. The summed E-state index contributed by atoms with van der Waals surface area (Å²) in [6, 6.07) is 2.70. The Balaban J connectivity index is 2.03. The lowest BCUT2D eigenvalue weighted by atomic mass is 9.98. The van der Waals surface area contributed by atoms with Gasteiger partial charge in [-0.15, -0.1) is 0 Å². The van der Waals surface area contributed by atoms with Gasteiger partial charge in [0, 0.05) is 17.9 Å². The Hall–Kier alpha value is -1.10. The van der Waals surface area contributed by atoms with Gasteiger partial charge in [-0.3, -0.25) is 4.98 Å². The summed E-state index contributed by atoms with van der Waals surface area (Å²) in [7, 11) is 0. The number of halogens is 3. The SMILES string of the molecule is N[C@H]1CCC[C@H]1Cc1ccc(C(F)(F)F)cn1. The predicted molar refractivity (Wildman–Crippen MR) is 58.3 cm³/mol. The number of aromatic nitrogens is 1. The molecule has 1 saturated carbocycles. The third kappa shape index (κ3) is 2.97. The van der Waals surface area contributed by atoms with E-state index in [9.17, 15) is 13.2 Å². The number of hydrogen-bond donors (Lipinski definition) is 1. The summed E-state index contributed by atoms with van der Waals surface area (Å²) in [5.41, 5.74) is 5.92. The van der Waals surface area contributed by atoms with Gasteiger partial charge in [-0.05, 0) is 37.3 Å². The van der Waals surface area contributed by atoms with Gasteiger partial charge in [0.25, 0.3) is 0 Å². The molecule has 1 aromatic heterocycles. The molecule has 1 aliphatic rings. The van der Waals surface area contributed by atoms with Crippen molar-refractivity contribution in [3.8, 4) is 0 Å². The molecule has 0 aromatic carbocycles. The average Bonchev–Trinajstić information content (AvgIpc) is 2.64. The first kappa shape index (κ1) is 12.4. The molecule has 17 heavy (non-hydrogen) atoms. The van der Waals surface area contributed by atoms with Crippen LogP contribution in [-0.4, -0.2) is 11.0 Å². The Morgan fingerprint density at radius 1 is 1.29 bits per heavy atom. The number of alkyl halides is 3. The van der Waals surface area contributed by atoms with E-state index in [1.807, 2.05) is 0 Å². The predicted octanol–water partition coefficient (Wildman–Crippen LogP) is 2.77. The van der Waals surface area contributed by atoms with Crippen LogP contribution in [0.1, 0.15) is 30.5 Å². The van der Waals surface area contributed by atoms with Gasteiger partial charge < -0.3 is 5.73 Å². The maximum Gasteiger partial charge on any atom is 0.417 e. The summed E-state index contributed by atoms with van der Waals surface area (Å²) >= 11 is 0. The number of nitrogens with zero attached hydrogens (tertiary/aromatic N) is 1. The van der Waals surface area contributed by atoms with Crippen LogP contribution in [0.3, 0.4) is 0 Å². The van der Waals surface area contributed by atoms with Gasteiger partial charge in [0.15, 0.2) is 0 Å². The van der Waals surface area contributed by atoms with E-state index in [4.69, 9.17) is 5.73 Å². The second kappa shape index (κ2) is 4.64. The number of rotatable bonds is 2. The van der Waals surface area contributed by atoms with E-state index in [0.29, 0.717) is 18.0 Å². The quantitative estimate of drug-likeness (QED) is 0.868. The van der Waals surface area contributed by atoms with E-state index >= 15 is 0 Å². The zero-order chi connectivity index (χ0) is 12.5. The molecule has 0 saturated heterocycles. The van der Waals surface area contributed by atoms with Crippen LogP contribution in [0, 0.1) is 5.92 Å². The van der Waals surface area contributed by atoms with Gasteiger partial charge in [0.2, 0.25) is 0 Å². The molecule has 1 aliphatic carbocycles. The third-order valence-electron chi connectivity index (χ3n) is 3.34. The monoisotopic (exact) mass is 244 g/mol. The summed E-state index contributed by atoms with van der Waals surface area (Å²) in [6.45, 7) is 0. The Labute approximate surface area is 98.0 Å². The Kier molecular flexibility index (Phi) is 3.38. The Morgan fingerprint density at radius 2 is 2.06 bits per heavy atom. The van der Waals surface area contributed by atoms with Gasteiger partial charge in [-0.2, -0.15) is 13.2 Å². The Morgan fingerprint density at radius 3 is 2.53 bits per heavy atom. The first-order valence-electron chi connectivity index (χ1n) is 5.74. The topological polar surface area (TPSA) is 38.9 Å². The van der Waals surface area contributed by atoms with Crippen LogP contribution >= 0.6 is 0 Å². The molecule has 0 spiro atoms. The minimum Gasteiger partial charge on any atom is -0.327 e. The average molecular weight is 244 g/mol. The number of hydrogen-bond acceptors (Lipinski definition) is 2. The van der Waals surface area contributed by atoms with Gasteiger partial charge in [-0.1, -0.05) is 6.42 Å². The minimum atomic E-state index is -4.31. The highest BCUT2D eigenvalue weighted by Crippen LogP contribution is 2.30. The molecule has 2 N–H and O–H groups in total. The molecule has 1 heterocycles. The molecular formula is C12H15F3N2.